The Balaban J connectivity index is 2.83. The normalized spacial score (nSPS) is 10.5. The van der Waals surface area contributed by atoms with Crippen LogP contribution in [0, 0.1) is 12.9 Å². The second-order valence-electron chi connectivity index (χ2n) is 2.73. The van der Waals surface area contributed by atoms with Gasteiger partial charge in [0.1, 0.15) is 0 Å². The maximum Gasteiger partial charge on any atom is 0.330 e. The van der Waals surface area contributed by atoms with Crippen molar-refractivity contribution in [2.24, 2.45) is 0 Å². The van der Waals surface area contributed by atoms with E-state index >= 15 is 0 Å². The monoisotopic (exact) mass is 195 g/mol. The maximum absolute atomic E-state index is 12.7. The van der Waals surface area contributed by atoms with Gasteiger partial charge in [-0.1, -0.05) is 0 Å². The molecule has 0 atom stereocenters. The summed E-state index contributed by atoms with van der Waals surface area (Å²) in [6, 6.07) is 1.60. The molecule has 1 aromatic rings. The number of nitrogens with zero attached hydrogens (tertiary/aromatic N) is 1. The van der Waals surface area contributed by atoms with Crippen LogP contribution in [-0.4, -0.2) is 18.1 Å². The maximum atomic E-state index is 12.7. The number of carbonyl (C=O) groups is 1. The zero-order valence-electron chi connectivity index (χ0n) is 7.95. The van der Waals surface area contributed by atoms with Crippen LogP contribution < -0.4 is 0 Å². The third-order valence-electron chi connectivity index (χ3n) is 1.65. The highest BCUT2D eigenvalue weighted by molar-refractivity contribution is 5.86. The van der Waals surface area contributed by atoms with E-state index in [1.807, 2.05) is 0 Å². The quantitative estimate of drug-likeness (QED) is 0.409. The van der Waals surface area contributed by atoms with E-state index in [0.717, 1.165) is 0 Å². The summed E-state index contributed by atoms with van der Waals surface area (Å²) in [7, 11) is 1.29. The molecular formula is C10H10FNO2. The average molecular weight is 195 g/mol. The number of ether oxygens (including phenoxy) is 1. The fourth-order valence-corrected chi connectivity index (χ4v) is 0.903. The number of hydrogen-bond donors (Lipinski definition) is 0. The molecule has 0 aliphatic heterocycles. The number of rotatable bonds is 2. The Morgan fingerprint density at radius 3 is 2.93 bits per heavy atom. The molecule has 1 rings (SSSR count). The van der Waals surface area contributed by atoms with Crippen molar-refractivity contribution < 1.29 is 13.9 Å². The molecule has 0 unspecified atom stereocenters. The lowest BCUT2D eigenvalue weighted by Crippen LogP contribution is -1.94. The second-order valence-corrected chi connectivity index (χ2v) is 2.73. The van der Waals surface area contributed by atoms with E-state index in [2.05, 4.69) is 9.72 Å². The van der Waals surface area contributed by atoms with Gasteiger partial charge in [0.15, 0.2) is 0 Å². The van der Waals surface area contributed by atoms with E-state index in [1.165, 1.54) is 25.5 Å². The van der Waals surface area contributed by atoms with E-state index in [0.29, 0.717) is 11.1 Å². The molecular weight excluding hydrogens is 185 g/mol. The molecule has 0 fully saturated rings. The van der Waals surface area contributed by atoms with Crippen LogP contribution >= 0.6 is 0 Å². The standard InChI is InChI=1S/C10H10FNO2/c1-7-5-8(6-12-10(7)11)3-4-9(13)14-2/h3-6H,1-2H3. The largest absolute Gasteiger partial charge is 0.466 e. The van der Waals surface area contributed by atoms with Crippen molar-refractivity contribution >= 4 is 12.0 Å². The molecule has 0 spiro atoms. The first-order valence-electron chi connectivity index (χ1n) is 4.01. The van der Waals surface area contributed by atoms with Crippen molar-refractivity contribution in [3.8, 4) is 0 Å². The molecule has 0 saturated heterocycles. The topological polar surface area (TPSA) is 39.2 Å². The molecule has 4 heteroatoms. The number of carbonyl (C=O) groups excluding carboxylic acids is 1. The summed E-state index contributed by atoms with van der Waals surface area (Å²) in [5.74, 6) is -0.952. The first-order valence-corrected chi connectivity index (χ1v) is 4.01. The minimum Gasteiger partial charge on any atom is -0.466 e. The van der Waals surface area contributed by atoms with Crippen molar-refractivity contribution in [3.63, 3.8) is 0 Å². The van der Waals surface area contributed by atoms with Crippen LogP contribution in [0.1, 0.15) is 11.1 Å². The average Bonchev–Trinajstić information content (AvgIpc) is 2.19. The summed E-state index contributed by atoms with van der Waals surface area (Å²) in [5, 5.41) is 0. The summed E-state index contributed by atoms with van der Waals surface area (Å²) in [5.41, 5.74) is 1.10. The Morgan fingerprint density at radius 2 is 2.36 bits per heavy atom. The number of methoxy groups -OCH3 is 1. The van der Waals surface area contributed by atoms with E-state index in [1.54, 1.807) is 13.0 Å². The summed E-state index contributed by atoms with van der Waals surface area (Å²) in [4.78, 5) is 14.2. The minimum absolute atomic E-state index is 0.442. The van der Waals surface area contributed by atoms with Crippen molar-refractivity contribution in [2.45, 2.75) is 6.92 Å². The van der Waals surface area contributed by atoms with Gasteiger partial charge in [-0.25, -0.2) is 9.78 Å². The molecule has 0 bridgehead atoms. The van der Waals surface area contributed by atoms with Gasteiger partial charge in [-0.2, -0.15) is 4.39 Å². The molecule has 0 aliphatic carbocycles. The lowest BCUT2D eigenvalue weighted by Gasteiger charge is -1.96. The van der Waals surface area contributed by atoms with Crippen molar-refractivity contribution in [3.05, 3.63) is 35.4 Å². The number of pyridine rings is 1. The predicted molar refractivity (Wildman–Crippen MR) is 50.0 cm³/mol. The van der Waals surface area contributed by atoms with Gasteiger partial charge in [0.25, 0.3) is 0 Å². The Kier molecular flexibility index (Phi) is 3.34. The highest BCUT2D eigenvalue weighted by Crippen LogP contribution is 2.07. The number of aromatic nitrogens is 1. The van der Waals surface area contributed by atoms with Crippen LogP contribution in [0.5, 0.6) is 0 Å². The van der Waals surface area contributed by atoms with Gasteiger partial charge in [-0.15, -0.1) is 0 Å². The minimum atomic E-state index is -0.500. The van der Waals surface area contributed by atoms with Crippen LogP contribution in [0.2, 0.25) is 0 Å². The molecule has 1 heterocycles. The molecule has 0 N–H and O–H groups in total. The van der Waals surface area contributed by atoms with Gasteiger partial charge >= 0.3 is 5.97 Å². The first-order chi connectivity index (χ1) is 6.63. The molecule has 74 valence electrons. The van der Waals surface area contributed by atoms with Crippen LogP contribution in [0.3, 0.4) is 0 Å². The van der Waals surface area contributed by atoms with E-state index < -0.39 is 11.9 Å². The third-order valence-corrected chi connectivity index (χ3v) is 1.65. The summed E-state index contributed by atoms with van der Waals surface area (Å²) < 4.78 is 17.1. The Bertz CT molecular complexity index is 374. The zero-order valence-corrected chi connectivity index (χ0v) is 7.95. The molecule has 3 nitrogen and oxygen atoms in total. The molecule has 0 aromatic carbocycles. The SMILES string of the molecule is COC(=O)C=Cc1cnc(F)c(C)c1. The van der Waals surface area contributed by atoms with Gasteiger partial charge in [0, 0.05) is 17.8 Å². The summed E-state index contributed by atoms with van der Waals surface area (Å²) in [6.45, 7) is 1.61. The highest BCUT2D eigenvalue weighted by Gasteiger charge is 1.98. The Labute approximate surface area is 81.2 Å². The van der Waals surface area contributed by atoms with E-state index in [4.69, 9.17) is 0 Å². The van der Waals surface area contributed by atoms with Crippen LogP contribution in [0.4, 0.5) is 4.39 Å². The molecule has 0 aliphatic rings. The third kappa shape index (κ3) is 2.65. The van der Waals surface area contributed by atoms with Gasteiger partial charge in [-0.3, -0.25) is 0 Å². The van der Waals surface area contributed by atoms with Crippen molar-refractivity contribution in [1.82, 2.24) is 4.98 Å². The van der Waals surface area contributed by atoms with Crippen LogP contribution in [0.25, 0.3) is 6.08 Å². The lowest BCUT2D eigenvalue weighted by molar-refractivity contribution is -0.134. The van der Waals surface area contributed by atoms with Crippen LogP contribution in [0.15, 0.2) is 18.3 Å². The predicted octanol–water partition coefficient (Wildman–Crippen LogP) is 1.72. The number of hydrogen-bond acceptors (Lipinski definition) is 3. The first kappa shape index (κ1) is 10.4. The molecule has 0 saturated carbocycles. The number of aryl methyl sites for hydroxylation is 1. The van der Waals surface area contributed by atoms with Crippen molar-refractivity contribution in [2.75, 3.05) is 7.11 Å². The fraction of sp³-hybridized carbons (Fsp3) is 0.200. The van der Waals surface area contributed by atoms with Crippen molar-refractivity contribution in [1.29, 1.82) is 0 Å². The van der Waals surface area contributed by atoms with Gasteiger partial charge in [0.2, 0.25) is 5.95 Å². The Morgan fingerprint density at radius 1 is 1.64 bits per heavy atom. The molecule has 1 aromatic heterocycles. The van der Waals surface area contributed by atoms with E-state index in [-0.39, 0.29) is 0 Å². The number of halogens is 1. The van der Waals surface area contributed by atoms with Crippen LogP contribution in [-0.2, 0) is 9.53 Å². The molecule has 0 radical (unpaired) electrons. The smallest absolute Gasteiger partial charge is 0.330 e. The van der Waals surface area contributed by atoms with Gasteiger partial charge in [-0.05, 0) is 24.6 Å². The fourth-order valence-electron chi connectivity index (χ4n) is 0.903. The Hall–Kier alpha value is -1.71. The molecule has 14 heavy (non-hydrogen) atoms. The summed E-state index contributed by atoms with van der Waals surface area (Å²) >= 11 is 0. The molecule has 0 amide bonds. The summed E-state index contributed by atoms with van der Waals surface area (Å²) in [6.07, 6.45) is 4.13. The zero-order chi connectivity index (χ0) is 10.6. The van der Waals surface area contributed by atoms with E-state index in [9.17, 15) is 9.18 Å². The van der Waals surface area contributed by atoms with Gasteiger partial charge in [0.05, 0.1) is 7.11 Å². The number of esters is 1. The van der Waals surface area contributed by atoms with Gasteiger partial charge < -0.3 is 4.74 Å². The lowest BCUT2D eigenvalue weighted by atomic mass is 10.2. The highest BCUT2D eigenvalue weighted by atomic mass is 19.1. The second kappa shape index (κ2) is 4.50.